The first kappa shape index (κ1) is 30.7. The summed E-state index contributed by atoms with van der Waals surface area (Å²) in [4.78, 5) is 23.3. The molecule has 0 aliphatic rings. The minimum atomic E-state index is -0.461. The Bertz CT molecular complexity index is 405. The van der Waals surface area contributed by atoms with Crippen molar-refractivity contribution in [2.75, 3.05) is 13.2 Å². The Balaban J connectivity index is 3.39. The second kappa shape index (κ2) is 25.9. The summed E-state index contributed by atoms with van der Waals surface area (Å²) >= 11 is 0. The van der Waals surface area contributed by atoms with Crippen molar-refractivity contribution in [3.8, 4) is 0 Å². The molecule has 0 rings (SSSR count). The Kier molecular flexibility index (Phi) is 24.9. The minimum absolute atomic E-state index is 0.424. The predicted molar refractivity (Wildman–Crippen MR) is 135 cm³/mol. The highest BCUT2D eigenvalue weighted by Crippen LogP contribution is 2.11. The maximum atomic E-state index is 11.7. The van der Waals surface area contributed by atoms with Gasteiger partial charge in [0.05, 0.1) is 13.2 Å². The van der Waals surface area contributed by atoms with Crippen LogP contribution in [0.1, 0.15) is 142 Å². The van der Waals surface area contributed by atoms with Crippen LogP contribution in [-0.4, -0.2) is 25.2 Å². The van der Waals surface area contributed by atoms with E-state index in [2.05, 4.69) is 13.8 Å². The third kappa shape index (κ3) is 24.9. The Morgan fingerprint density at radius 1 is 0.438 bits per heavy atom. The fraction of sp³-hybridized carbons (Fsp3) is 0.857. The Morgan fingerprint density at radius 3 is 0.969 bits per heavy atom. The molecular weight excluding hydrogens is 400 g/mol. The second-order valence-electron chi connectivity index (χ2n) is 9.03. The van der Waals surface area contributed by atoms with Crippen LogP contribution in [0.15, 0.2) is 12.2 Å². The van der Waals surface area contributed by atoms with Gasteiger partial charge in [-0.3, -0.25) is 0 Å². The number of ether oxygens (including phenoxy) is 2. The van der Waals surface area contributed by atoms with Gasteiger partial charge in [0, 0.05) is 12.2 Å². The molecule has 0 heterocycles. The molecule has 0 spiro atoms. The Labute approximate surface area is 198 Å². The van der Waals surface area contributed by atoms with E-state index in [1.807, 2.05) is 0 Å². The molecule has 0 aromatic heterocycles. The molecule has 0 N–H and O–H groups in total. The van der Waals surface area contributed by atoms with Crippen LogP contribution in [0.5, 0.6) is 0 Å². The standard InChI is InChI=1S/C28H52O4/c1-3-5-7-9-11-13-15-17-19-21-25-31-27(29)23-24-28(30)32-26-22-20-18-16-14-12-10-8-6-4-2/h23-24H,3-22,25-26H2,1-2H3/b24-23+. The first-order valence-corrected chi connectivity index (χ1v) is 13.7. The lowest BCUT2D eigenvalue weighted by atomic mass is 10.1. The van der Waals surface area contributed by atoms with E-state index in [-0.39, 0.29) is 0 Å². The van der Waals surface area contributed by atoms with E-state index in [0.717, 1.165) is 25.7 Å². The molecule has 0 aliphatic heterocycles. The van der Waals surface area contributed by atoms with Crippen molar-refractivity contribution in [2.24, 2.45) is 0 Å². The van der Waals surface area contributed by atoms with E-state index >= 15 is 0 Å². The van der Waals surface area contributed by atoms with Crippen LogP contribution in [0, 0.1) is 0 Å². The molecule has 0 saturated carbocycles. The van der Waals surface area contributed by atoms with E-state index in [1.54, 1.807) is 0 Å². The van der Waals surface area contributed by atoms with Gasteiger partial charge in [0.25, 0.3) is 0 Å². The van der Waals surface area contributed by atoms with Crippen LogP contribution in [0.3, 0.4) is 0 Å². The molecule has 32 heavy (non-hydrogen) atoms. The van der Waals surface area contributed by atoms with E-state index in [9.17, 15) is 9.59 Å². The van der Waals surface area contributed by atoms with Crippen molar-refractivity contribution >= 4 is 11.9 Å². The minimum Gasteiger partial charge on any atom is -0.463 e. The molecule has 0 unspecified atom stereocenters. The molecule has 0 aromatic carbocycles. The number of esters is 2. The van der Waals surface area contributed by atoms with Gasteiger partial charge in [-0.1, -0.05) is 129 Å². The van der Waals surface area contributed by atoms with Gasteiger partial charge in [0.15, 0.2) is 0 Å². The quantitative estimate of drug-likeness (QED) is 0.0837. The summed E-state index contributed by atoms with van der Waals surface area (Å²) in [6, 6.07) is 0. The summed E-state index contributed by atoms with van der Waals surface area (Å²) in [6.07, 6.45) is 27.3. The largest absolute Gasteiger partial charge is 0.463 e. The molecule has 0 atom stereocenters. The molecule has 4 heteroatoms. The molecule has 0 aliphatic carbocycles. The predicted octanol–water partition coefficient (Wildman–Crippen LogP) is 8.47. The summed E-state index contributed by atoms with van der Waals surface area (Å²) in [5.74, 6) is -0.923. The smallest absolute Gasteiger partial charge is 0.331 e. The number of carbonyl (C=O) groups is 2. The van der Waals surface area contributed by atoms with Crippen molar-refractivity contribution in [1.29, 1.82) is 0 Å². The van der Waals surface area contributed by atoms with Gasteiger partial charge in [0.2, 0.25) is 0 Å². The first-order valence-electron chi connectivity index (χ1n) is 13.7. The third-order valence-corrected chi connectivity index (χ3v) is 5.84. The average molecular weight is 453 g/mol. The zero-order valence-electron chi connectivity index (χ0n) is 21.3. The van der Waals surface area contributed by atoms with Crippen LogP contribution >= 0.6 is 0 Å². The number of hydrogen-bond acceptors (Lipinski definition) is 4. The van der Waals surface area contributed by atoms with Crippen molar-refractivity contribution < 1.29 is 19.1 Å². The molecule has 0 aromatic rings. The van der Waals surface area contributed by atoms with Crippen molar-refractivity contribution in [1.82, 2.24) is 0 Å². The molecule has 4 nitrogen and oxygen atoms in total. The summed E-state index contributed by atoms with van der Waals surface area (Å²) < 4.78 is 10.3. The Morgan fingerprint density at radius 2 is 0.688 bits per heavy atom. The van der Waals surface area contributed by atoms with E-state index in [1.165, 1.54) is 115 Å². The normalized spacial score (nSPS) is 11.2. The highest BCUT2D eigenvalue weighted by atomic mass is 16.5. The maximum absolute atomic E-state index is 11.7. The van der Waals surface area contributed by atoms with E-state index < -0.39 is 11.9 Å². The maximum Gasteiger partial charge on any atom is 0.331 e. The van der Waals surface area contributed by atoms with Gasteiger partial charge in [-0.15, -0.1) is 0 Å². The van der Waals surface area contributed by atoms with E-state index in [4.69, 9.17) is 9.47 Å². The summed E-state index contributed by atoms with van der Waals surface area (Å²) in [6.45, 7) is 5.34. The first-order chi connectivity index (χ1) is 15.7. The van der Waals surface area contributed by atoms with Crippen LogP contribution < -0.4 is 0 Å². The van der Waals surface area contributed by atoms with E-state index in [0.29, 0.717) is 13.2 Å². The fourth-order valence-corrected chi connectivity index (χ4v) is 3.76. The Hall–Kier alpha value is -1.32. The number of rotatable bonds is 24. The fourth-order valence-electron chi connectivity index (χ4n) is 3.76. The molecular formula is C28H52O4. The molecule has 0 radical (unpaired) electrons. The zero-order chi connectivity index (χ0) is 23.5. The van der Waals surface area contributed by atoms with Gasteiger partial charge >= 0.3 is 11.9 Å². The van der Waals surface area contributed by atoms with Crippen molar-refractivity contribution in [3.05, 3.63) is 12.2 Å². The topological polar surface area (TPSA) is 52.6 Å². The van der Waals surface area contributed by atoms with Crippen molar-refractivity contribution in [3.63, 3.8) is 0 Å². The summed E-state index contributed by atoms with van der Waals surface area (Å²) in [5, 5.41) is 0. The number of carbonyl (C=O) groups excluding carboxylic acids is 2. The van der Waals surface area contributed by atoms with Crippen molar-refractivity contribution in [2.45, 2.75) is 142 Å². The van der Waals surface area contributed by atoms with Gasteiger partial charge in [-0.25, -0.2) is 9.59 Å². The van der Waals surface area contributed by atoms with Gasteiger partial charge < -0.3 is 9.47 Å². The summed E-state index contributed by atoms with van der Waals surface area (Å²) in [5.41, 5.74) is 0. The number of hydrogen-bond donors (Lipinski definition) is 0. The zero-order valence-corrected chi connectivity index (χ0v) is 21.3. The molecule has 0 bridgehead atoms. The monoisotopic (exact) mass is 452 g/mol. The highest BCUT2D eigenvalue weighted by Gasteiger charge is 2.01. The van der Waals surface area contributed by atoms with Crippen LogP contribution in [0.2, 0.25) is 0 Å². The molecule has 188 valence electrons. The lowest BCUT2D eigenvalue weighted by Crippen LogP contribution is -2.06. The SMILES string of the molecule is CCCCCCCCCCCCOC(=O)/C=C/C(=O)OCCCCCCCCCCCC. The molecule has 0 amide bonds. The van der Waals surface area contributed by atoms with Gasteiger partial charge in [-0.05, 0) is 12.8 Å². The lowest BCUT2D eigenvalue weighted by molar-refractivity contribution is -0.140. The molecule has 0 fully saturated rings. The van der Waals surface area contributed by atoms with Crippen LogP contribution in [-0.2, 0) is 19.1 Å². The van der Waals surface area contributed by atoms with Crippen LogP contribution in [0.25, 0.3) is 0 Å². The van der Waals surface area contributed by atoms with Gasteiger partial charge in [-0.2, -0.15) is 0 Å². The lowest BCUT2D eigenvalue weighted by Gasteiger charge is -2.04. The van der Waals surface area contributed by atoms with Gasteiger partial charge in [0.1, 0.15) is 0 Å². The molecule has 0 saturated heterocycles. The number of unbranched alkanes of at least 4 members (excludes halogenated alkanes) is 18. The second-order valence-corrected chi connectivity index (χ2v) is 9.03. The average Bonchev–Trinajstić information content (AvgIpc) is 2.79. The highest BCUT2D eigenvalue weighted by molar-refractivity contribution is 5.91. The van der Waals surface area contributed by atoms with Crippen LogP contribution in [0.4, 0.5) is 0 Å². The third-order valence-electron chi connectivity index (χ3n) is 5.84. The summed E-state index contributed by atoms with van der Waals surface area (Å²) in [7, 11) is 0.